The van der Waals surface area contributed by atoms with Crippen molar-refractivity contribution in [2.24, 2.45) is 0 Å². The topological polar surface area (TPSA) is 0 Å². The molecule has 0 fully saturated rings. The van der Waals surface area contributed by atoms with Gasteiger partial charge in [0.05, 0.1) is 0 Å². The highest BCUT2D eigenvalue weighted by Crippen LogP contribution is 2.10. The van der Waals surface area contributed by atoms with E-state index >= 15 is 0 Å². The molecule has 0 radical (unpaired) electrons. The van der Waals surface area contributed by atoms with Crippen LogP contribution in [0, 0.1) is 0 Å². The Bertz CT molecular complexity index is 182. The van der Waals surface area contributed by atoms with Gasteiger partial charge in [-0.25, -0.2) is 0 Å². The number of rotatable bonds is 6. The van der Waals surface area contributed by atoms with Crippen LogP contribution in [0.5, 0.6) is 0 Å². The van der Waals surface area contributed by atoms with Crippen molar-refractivity contribution in [2.45, 2.75) is 46.5 Å². The lowest BCUT2D eigenvalue weighted by Crippen LogP contribution is -1.80. The average molecular weight is 178 g/mol. The zero-order valence-corrected chi connectivity index (χ0v) is 9.22. The van der Waals surface area contributed by atoms with Gasteiger partial charge in [0.1, 0.15) is 0 Å². The van der Waals surface area contributed by atoms with Crippen molar-refractivity contribution in [1.82, 2.24) is 0 Å². The van der Waals surface area contributed by atoms with E-state index in [1.807, 2.05) is 0 Å². The fourth-order valence-electron chi connectivity index (χ4n) is 1.21. The van der Waals surface area contributed by atoms with Gasteiger partial charge < -0.3 is 0 Å². The maximum absolute atomic E-state index is 2.27. The zero-order valence-electron chi connectivity index (χ0n) is 9.22. The van der Waals surface area contributed by atoms with Crippen LogP contribution in [0.1, 0.15) is 46.5 Å². The predicted octanol–water partition coefficient (Wildman–Crippen LogP) is 4.65. The third-order valence-corrected chi connectivity index (χ3v) is 1.88. The second-order valence-electron chi connectivity index (χ2n) is 3.18. The van der Waals surface area contributed by atoms with Crippen LogP contribution in [0.3, 0.4) is 0 Å². The molecule has 74 valence electrons. The summed E-state index contributed by atoms with van der Waals surface area (Å²) in [7, 11) is 0. The van der Waals surface area contributed by atoms with Crippen LogP contribution in [0.4, 0.5) is 0 Å². The quantitative estimate of drug-likeness (QED) is 0.410. The lowest BCUT2D eigenvalue weighted by molar-refractivity contribution is 0.879. The average Bonchev–Trinajstić information content (AvgIpc) is 2.14. The molecule has 0 atom stereocenters. The van der Waals surface area contributed by atoms with Crippen LogP contribution in [0.15, 0.2) is 36.0 Å². The molecule has 0 nitrogen and oxygen atoms in total. The molecule has 0 saturated heterocycles. The van der Waals surface area contributed by atoms with E-state index in [0.717, 1.165) is 12.8 Å². The summed E-state index contributed by atoms with van der Waals surface area (Å²) in [6.45, 7) is 6.46. The van der Waals surface area contributed by atoms with Gasteiger partial charge in [0.2, 0.25) is 0 Å². The molecule has 0 amide bonds. The standard InChI is InChI=1S/C13H22/c1-4-7-9-12-13(10-6-3)11-8-5-2/h5,7-9,11H,4,6,10,12H2,1-3H3. The Morgan fingerprint density at radius 3 is 2.46 bits per heavy atom. The van der Waals surface area contributed by atoms with Gasteiger partial charge >= 0.3 is 0 Å². The highest BCUT2D eigenvalue weighted by Gasteiger charge is 1.90. The van der Waals surface area contributed by atoms with Gasteiger partial charge in [-0.05, 0) is 26.2 Å². The number of hydrogen-bond acceptors (Lipinski definition) is 0. The van der Waals surface area contributed by atoms with Crippen molar-refractivity contribution >= 4 is 0 Å². The first-order chi connectivity index (χ1) is 6.35. The Kier molecular flexibility index (Phi) is 8.75. The van der Waals surface area contributed by atoms with E-state index in [0.29, 0.717) is 0 Å². The minimum absolute atomic E-state index is 1.12. The summed E-state index contributed by atoms with van der Waals surface area (Å²) < 4.78 is 0. The number of hydrogen-bond donors (Lipinski definition) is 0. The van der Waals surface area contributed by atoms with E-state index in [2.05, 4.69) is 51.2 Å². The van der Waals surface area contributed by atoms with Crippen LogP contribution in [0.2, 0.25) is 0 Å². The van der Waals surface area contributed by atoms with E-state index in [1.54, 1.807) is 0 Å². The Hall–Kier alpha value is -0.780. The van der Waals surface area contributed by atoms with Crippen molar-refractivity contribution in [3.8, 4) is 0 Å². The van der Waals surface area contributed by atoms with Gasteiger partial charge in [0.15, 0.2) is 0 Å². The smallest absolute Gasteiger partial charge is 0.0136 e. The molecule has 0 bridgehead atoms. The van der Waals surface area contributed by atoms with Crippen molar-refractivity contribution in [3.05, 3.63) is 36.0 Å². The minimum atomic E-state index is 1.12. The molecule has 0 aromatic heterocycles. The minimum Gasteiger partial charge on any atom is -0.0885 e. The van der Waals surface area contributed by atoms with E-state index in [4.69, 9.17) is 0 Å². The van der Waals surface area contributed by atoms with Crippen LogP contribution in [0.25, 0.3) is 0 Å². The summed E-state index contributed by atoms with van der Waals surface area (Å²) in [6.07, 6.45) is 15.7. The van der Waals surface area contributed by atoms with Crippen molar-refractivity contribution in [1.29, 1.82) is 0 Å². The third kappa shape index (κ3) is 7.58. The van der Waals surface area contributed by atoms with Crippen LogP contribution >= 0.6 is 0 Å². The molecule has 0 rings (SSSR count). The highest BCUT2D eigenvalue weighted by molar-refractivity contribution is 5.15. The van der Waals surface area contributed by atoms with Crippen molar-refractivity contribution < 1.29 is 0 Å². The molecule has 0 aliphatic rings. The van der Waals surface area contributed by atoms with Gasteiger partial charge in [0.25, 0.3) is 0 Å². The summed E-state index contributed by atoms with van der Waals surface area (Å²) >= 11 is 0. The Morgan fingerprint density at radius 2 is 1.92 bits per heavy atom. The molecule has 0 aliphatic heterocycles. The molecule has 0 aliphatic carbocycles. The van der Waals surface area contributed by atoms with Crippen LogP contribution in [-0.4, -0.2) is 0 Å². The Labute approximate surface area is 83.0 Å². The van der Waals surface area contributed by atoms with Gasteiger partial charge in [-0.1, -0.05) is 56.2 Å². The Morgan fingerprint density at radius 1 is 1.15 bits per heavy atom. The predicted molar refractivity (Wildman–Crippen MR) is 61.9 cm³/mol. The summed E-state index contributed by atoms with van der Waals surface area (Å²) in [5.41, 5.74) is 1.53. The van der Waals surface area contributed by atoms with Crippen LogP contribution in [-0.2, 0) is 0 Å². The fourth-order valence-corrected chi connectivity index (χ4v) is 1.21. The molecule has 13 heavy (non-hydrogen) atoms. The second-order valence-corrected chi connectivity index (χ2v) is 3.18. The molecule has 0 aromatic rings. The molecular weight excluding hydrogens is 156 g/mol. The van der Waals surface area contributed by atoms with E-state index < -0.39 is 0 Å². The first-order valence-corrected chi connectivity index (χ1v) is 5.30. The summed E-state index contributed by atoms with van der Waals surface area (Å²) in [5.74, 6) is 0. The highest BCUT2D eigenvalue weighted by atomic mass is 14.0. The maximum Gasteiger partial charge on any atom is -0.0136 e. The van der Waals surface area contributed by atoms with E-state index in [9.17, 15) is 0 Å². The first kappa shape index (κ1) is 12.2. The zero-order chi connectivity index (χ0) is 9.94. The molecule has 0 N–H and O–H groups in total. The lowest BCUT2D eigenvalue weighted by Gasteiger charge is -2.00. The first-order valence-electron chi connectivity index (χ1n) is 5.30. The van der Waals surface area contributed by atoms with Crippen LogP contribution < -0.4 is 0 Å². The monoisotopic (exact) mass is 178 g/mol. The summed E-state index contributed by atoms with van der Waals surface area (Å²) in [5, 5.41) is 0. The number of allylic oxidation sites excluding steroid dienone is 6. The fraction of sp³-hybridized carbons (Fsp3) is 0.538. The lowest BCUT2D eigenvalue weighted by atomic mass is 10.1. The maximum atomic E-state index is 2.27. The van der Waals surface area contributed by atoms with Gasteiger partial charge in [0, 0.05) is 0 Å². The largest absolute Gasteiger partial charge is 0.0885 e. The van der Waals surface area contributed by atoms with E-state index in [-0.39, 0.29) is 0 Å². The molecule has 0 spiro atoms. The molecule has 0 unspecified atom stereocenters. The van der Waals surface area contributed by atoms with Crippen molar-refractivity contribution in [2.75, 3.05) is 0 Å². The van der Waals surface area contributed by atoms with Gasteiger partial charge in [-0.3, -0.25) is 0 Å². The molecule has 0 aromatic carbocycles. The summed E-state index contributed by atoms with van der Waals surface area (Å²) in [4.78, 5) is 0. The normalized spacial score (nSPS) is 13.3. The van der Waals surface area contributed by atoms with E-state index in [1.165, 1.54) is 18.4 Å². The molecule has 0 saturated carbocycles. The van der Waals surface area contributed by atoms with Gasteiger partial charge in [-0.2, -0.15) is 0 Å². The second kappa shape index (κ2) is 9.31. The molecular formula is C13H22. The molecule has 0 heteroatoms. The third-order valence-electron chi connectivity index (χ3n) is 1.88. The summed E-state index contributed by atoms with van der Waals surface area (Å²) in [6, 6.07) is 0. The SMILES string of the molecule is CC=CC=C(CC=CCC)CCC. The molecule has 0 heterocycles. The van der Waals surface area contributed by atoms with Crippen molar-refractivity contribution in [3.63, 3.8) is 0 Å². The Balaban J connectivity index is 4.00. The van der Waals surface area contributed by atoms with Gasteiger partial charge in [-0.15, -0.1) is 0 Å².